The van der Waals surface area contributed by atoms with Crippen LogP contribution in [-0.4, -0.2) is 40.4 Å². The fourth-order valence-corrected chi connectivity index (χ4v) is 5.51. The highest BCUT2D eigenvalue weighted by atomic mass is 32.2. The molecule has 166 valence electrons. The molecule has 0 radical (unpaired) electrons. The number of fused-ring (bicyclic) bond motifs is 1. The van der Waals surface area contributed by atoms with E-state index in [0.717, 1.165) is 66.6 Å². The monoisotopic (exact) mass is 442 g/mol. The van der Waals surface area contributed by atoms with Crippen LogP contribution in [0.1, 0.15) is 63.9 Å². The van der Waals surface area contributed by atoms with Gasteiger partial charge >= 0.3 is 0 Å². The third-order valence-electron chi connectivity index (χ3n) is 6.30. The van der Waals surface area contributed by atoms with Gasteiger partial charge in [0.05, 0.1) is 21.6 Å². The molecule has 0 spiro atoms. The van der Waals surface area contributed by atoms with Crippen molar-refractivity contribution in [1.82, 2.24) is 18.7 Å². The van der Waals surface area contributed by atoms with Crippen LogP contribution in [0.3, 0.4) is 0 Å². The van der Waals surface area contributed by atoms with Gasteiger partial charge < -0.3 is 9.30 Å². The first-order chi connectivity index (χ1) is 14.7. The van der Waals surface area contributed by atoms with Gasteiger partial charge in [0.2, 0.25) is 0 Å². The Hall–Kier alpha value is -2.19. The smallest absolute Gasteiger partial charge is 0.283 e. The number of benzene rings is 1. The summed E-state index contributed by atoms with van der Waals surface area (Å²) in [7, 11) is -3.74. The van der Waals surface area contributed by atoms with E-state index in [2.05, 4.69) is 30.4 Å². The standard InChI is InChI=1S/C23H30N4O3S/c1-23(2,3)22-24-20-14-18(31(28,29)27-11-8-19(25-27)17-4-5-17)6-7-21(20)26(22)15-16-9-12-30-13-10-16/h6-8,11,14,16-17H,4-5,9-10,12-13,15H2,1-3H3. The zero-order valence-electron chi connectivity index (χ0n) is 18.4. The van der Waals surface area contributed by atoms with Gasteiger partial charge in [0.1, 0.15) is 5.82 Å². The second-order valence-electron chi connectivity index (χ2n) is 9.89. The van der Waals surface area contributed by atoms with E-state index in [1.165, 1.54) is 0 Å². The number of aromatic nitrogens is 4. The first-order valence-corrected chi connectivity index (χ1v) is 12.6. The summed E-state index contributed by atoms with van der Waals surface area (Å²) >= 11 is 0. The van der Waals surface area contributed by atoms with E-state index in [4.69, 9.17) is 9.72 Å². The SMILES string of the molecule is CC(C)(C)c1nc2cc(S(=O)(=O)n3ccc(C4CC4)n3)ccc2n1CC1CCOCC1. The van der Waals surface area contributed by atoms with Gasteiger partial charge in [-0.15, -0.1) is 0 Å². The number of hydrogen-bond donors (Lipinski definition) is 0. The molecule has 2 aliphatic rings. The van der Waals surface area contributed by atoms with Gasteiger partial charge in [-0.1, -0.05) is 20.8 Å². The summed E-state index contributed by atoms with van der Waals surface area (Å²) in [6.07, 6.45) is 5.81. The molecule has 3 aromatic rings. The van der Waals surface area contributed by atoms with Gasteiger partial charge in [-0.25, -0.2) is 4.98 Å². The Morgan fingerprint density at radius 2 is 1.84 bits per heavy atom. The van der Waals surface area contributed by atoms with Crippen molar-refractivity contribution in [1.29, 1.82) is 0 Å². The Labute approximate surface area is 183 Å². The molecule has 1 aliphatic carbocycles. The maximum Gasteiger partial charge on any atom is 0.283 e. The van der Waals surface area contributed by atoms with Gasteiger partial charge in [-0.2, -0.15) is 17.6 Å². The summed E-state index contributed by atoms with van der Waals surface area (Å²) in [4.78, 5) is 5.12. The molecule has 1 saturated heterocycles. The minimum atomic E-state index is -3.74. The molecule has 31 heavy (non-hydrogen) atoms. The third kappa shape index (κ3) is 3.91. The van der Waals surface area contributed by atoms with E-state index in [9.17, 15) is 8.42 Å². The molecule has 5 rings (SSSR count). The highest BCUT2D eigenvalue weighted by Crippen LogP contribution is 2.39. The summed E-state index contributed by atoms with van der Waals surface area (Å²) in [5, 5.41) is 4.33. The lowest BCUT2D eigenvalue weighted by Gasteiger charge is -2.26. The largest absolute Gasteiger partial charge is 0.381 e. The fraction of sp³-hybridized carbons (Fsp3) is 0.565. The second-order valence-corrected chi connectivity index (χ2v) is 11.7. The minimum absolute atomic E-state index is 0.148. The predicted molar refractivity (Wildman–Crippen MR) is 119 cm³/mol. The molecule has 0 unspecified atom stereocenters. The molecule has 2 aromatic heterocycles. The quantitative estimate of drug-likeness (QED) is 0.595. The van der Waals surface area contributed by atoms with Crippen LogP contribution in [0.2, 0.25) is 0 Å². The first-order valence-electron chi connectivity index (χ1n) is 11.1. The molecule has 3 heterocycles. The number of nitrogens with zero attached hydrogens (tertiary/aromatic N) is 4. The zero-order valence-corrected chi connectivity index (χ0v) is 19.2. The highest BCUT2D eigenvalue weighted by Gasteiger charge is 2.29. The molecule has 1 saturated carbocycles. The van der Waals surface area contributed by atoms with Gasteiger partial charge in [-0.3, -0.25) is 0 Å². The lowest BCUT2D eigenvalue weighted by atomic mass is 9.94. The maximum absolute atomic E-state index is 13.2. The third-order valence-corrected chi connectivity index (χ3v) is 7.84. The number of imidazole rings is 1. The van der Waals surface area contributed by atoms with Crippen molar-refractivity contribution in [3.63, 3.8) is 0 Å². The van der Waals surface area contributed by atoms with Crippen LogP contribution >= 0.6 is 0 Å². The van der Waals surface area contributed by atoms with E-state index in [1.807, 2.05) is 12.1 Å². The summed E-state index contributed by atoms with van der Waals surface area (Å²) < 4.78 is 35.3. The van der Waals surface area contributed by atoms with E-state index in [0.29, 0.717) is 17.4 Å². The molecule has 0 bridgehead atoms. The lowest BCUT2D eigenvalue weighted by molar-refractivity contribution is 0.0611. The molecule has 7 nitrogen and oxygen atoms in total. The van der Waals surface area contributed by atoms with Crippen molar-refractivity contribution in [3.05, 3.63) is 42.0 Å². The predicted octanol–water partition coefficient (Wildman–Crippen LogP) is 4.07. The zero-order chi connectivity index (χ0) is 21.8. The van der Waals surface area contributed by atoms with Crippen molar-refractivity contribution in [2.45, 2.75) is 69.2 Å². The summed E-state index contributed by atoms with van der Waals surface area (Å²) in [5.41, 5.74) is 2.41. The average Bonchev–Trinajstić information content (AvgIpc) is 3.33. The Bertz CT molecular complexity index is 1210. The number of hydrogen-bond acceptors (Lipinski definition) is 5. The maximum atomic E-state index is 13.2. The molecule has 2 fully saturated rings. The van der Waals surface area contributed by atoms with E-state index in [-0.39, 0.29) is 10.3 Å². The van der Waals surface area contributed by atoms with Crippen LogP contribution in [0, 0.1) is 5.92 Å². The lowest BCUT2D eigenvalue weighted by Crippen LogP contribution is -2.25. The van der Waals surface area contributed by atoms with Crippen LogP contribution in [-0.2, 0) is 26.7 Å². The van der Waals surface area contributed by atoms with Crippen LogP contribution in [0.4, 0.5) is 0 Å². The van der Waals surface area contributed by atoms with Crippen molar-refractivity contribution >= 4 is 21.1 Å². The van der Waals surface area contributed by atoms with Crippen molar-refractivity contribution in [3.8, 4) is 0 Å². The number of ether oxygens (including phenoxy) is 1. The summed E-state index contributed by atoms with van der Waals surface area (Å²) in [6.45, 7) is 8.93. The molecular weight excluding hydrogens is 412 g/mol. The normalized spacial score (nSPS) is 18.7. The molecule has 1 aromatic carbocycles. The Morgan fingerprint density at radius 1 is 1.10 bits per heavy atom. The van der Waals surface area contributed by atoms with E-state index < -0.39 is 10.0 Å². The van der Waals surface area contributed by atoms with Crippen LogP contribution in [0.5, 0.6) is 0 Å². The molecule has 1 aliphatic heterocycles. The summed E-state index contributed by atoms with van der Waals surface area (Å²) in [6, 6.07) is 7.09. The molecule has 0 amide bonds. The van der Waals surface area contributed by atoms with Crippen LogP contribution in [0.15, 0.2) is 35.4 Å². The minimum Gasteiger partial charge on any atom is -0.381 e. The Balaban J connectivity index is 1.54. The van der Waals surface area contributed by atoms with Gasteiger partial charge in [0, 0.05) is 37.3 Å². The van der Waals surface area contributed by atoms with Crippen molar-refractivity contribution in [2.75, 3.05) is 13.2 Å². The van der Waals surface area contributed by atoms with Crippen molar-refractivity contribution in [2.24, 2.45) is 5.92 Å². The van der Waals surface area contributed by atoms with Gasteiger partial charge in [0.25, 0.3) is 10.0 Å². The molecule has 0 atom stereocenters. The molecule has 8 heteroatoms. The Morgan fingerprint density at radius 3 is 2.52 bits per heavy atom. The number of rotatable bonds is 5. The van der Waals surface area contributed by atoms with Gasteiger partial charge in [0.15, 0.2) is 0 Å². The first kappa shape index (κ1) is 20.7. The second kappa shape index (κ2) is 7.45. The van der Waals surface area contributed by atoms with Crippen LogP contribution in [0.25, 0.3) is 11.0 Å². The summed E-state index contributed by atoms with van der Waals surface area (Å²) in [5.74, 6) is 1.94. The van der Waals surface area contributed by atoms with E-state index in [1.54, 1.807) is 18.3 Å². The highest BCUT2D eigenvalue weighted by molar-refractivity contribution is 7.89. The van der Waals surface area contributed by atoms with E-state index >= 15 is 0 Å². The molecular formula is C23H30N4O3S. The topological polar surface area (TPSA) is 79.0 Å². The average molecular weight is 443 g/mol. The van der Waals surface area contributed by atoms with Gasteiger partial charge in [-0.05, 0) is 55.9 Å². The van der Waals surface area contributed by atoms with Crippen LogP contribution < -0.4 is 0 Å². The fourth-order valence-electron chi connectivity index (χ4n) is 4.37. The molecule has 0 N–H and O–H groups in total. The Kier molecular flexibility index (Phi) is 4.97. The van der Waals surface area contributed by atoms with Crippen molar-refractivity contribution < 1.29 is 13.2 Å².